The first kappa shape index (κ1) is 11.9. The minimum atomic E-state index is 0.292. The SMILES string of the molecule is CCC1(C)CCSC(=NCC2(C3CC3)CC2)N1. The van der Waals surface area contributed by atoms with Gasteiger partial charge in [0.05, 0.1) is 0 Å². The largest absolute Gasteiger partial charge is 0.360 e. The molecule has 1 heterocycles. The highest BCUT2D eigenvalue weighted by Crippen LogP contribution is 2.61. The molecule has 0 aromatic heterocycles. The van der Waals surface area contributed by atoms with E-state index in [9.17, 15) is 0 Å². The summed E-state index contributed by atoms with van der Waals surface area (Å²) in [5.41, 5.74) is 0.940. The van der Waals surface area contributed by atoms with Gasteiger partial charge < -0.3 is 5.32 Å². The van der Waals surface area contributed by atoms with E-state index in [0.29, 0.717) is 11.0 Å². The Kier molecular flexibility index (Phi) is 2.92. The maximum absolute atomic E-state index is 4.89. The van der Waals surface area contributed by atoms with Crippen molar-refractivity contribution in [1.29, 1.82) is 0 Å². The molecule has 3 heteroatoms. The minimum absolute atomic E-state index is 0.292. The monoisotopic (exact) mass is 252 g/mol. The van der Waals surface area contributed by atoms with Crippen molar-refractivity contribution in [3.8, 4) is 0 Å². The summed E-state index contributed by atoms with van der Waals surface area (Å²) in [6, 6.07) is 0. The standard InChI is InChI=1S/C14H24N2S/c1-3-13(2)8-9-17-12(16-13)15-10-14(6-7-14)11-4-5-11/h11H,3-10H2,1-2H3,(H,15,16). The molecule has 1 aliphatic heterocycles. The average Bonchev–Trinajstić information content (AvgIpc) is 3.17. The van der Waals surface area contributed by atoms with E-state index in [-0.39, 0.29) is 0 Å². The van der Waals surface area contributed by atoms with Crippen molar-refractivity contribution in [1.82, 2.24) is 5.32 Å². The van der Waals surface area contributed by atoms with Crippen molar-refractivity contribution >= 4 is 16.9 Å². The Morgan fingerprint density at radius 3 is 2.71 bits per heavy atom. The van der Waals surface area contributed by atoms with Gasteiger partial charge in [-0.15, -0.1) is 0 Å². The van der Waals surface area contributed by atoms with E-state index in [4.69, 9.17) is 4.99 Å². The topological polar surface area (TPSA) is 24.4 Å². The van der Waals surface area contributed by atoms with Gasteiger partial charge in [0.1, 0.15) is 0 Å². The van der Waals surface area contributed by atoms with Gasteiger partial charge in [-0.05, 0) is 56.8 Å². The number of nitrogens with zero attached hydrogens (tertiary/aromatic N) is 1. The Labute approximate surface area is 109 Å². The van der Waals surface area contributed by atoms with Crippen molar-refractivity contribution in [2.45, 2.75) is 57.9 Å². The Morgan fingerprint density at radius 2 is 2.12 bits per heavy atom. The first-order chi connectivity index (χ1) is 8.16. The molecule has 0 bridgehead atoms. The smallest absolute Gasteiger partial charge is 0.156 e. The van der Waals surface area contributed by atoms with Crippen molar-refractivity contribution in [2.24, 2.45) is 16.3 Å². The summed E-state index contributed by atoms with van der Waals surface area (Å²) >= 11 is 1.92. The van der Waals surface area contributed by atoms with Gasteiger partial charge in [-0.25, -0.2) is 0 Å². The fourth-order valence-corrected chi connectivity index (χ4v) is 4.08. The fraction of sp³-hybridized carbons (Fsp3) is 0.929. The first-order valence-electron chi connectivity index (χ1n) is 7.11. The molecular weight excluding hydrogens is 228 g/mol. The maximum Gasteiger partial charge on any atom is 0.156 e. The van der Waals surface area contributed by atoms with Crippen LogP contribution in [-0.2, 0) is 0 Å². The molecule has 0 amide bonds. The third kappa shape index (κ3) is 2.49. The lowest BCUT2D eigenvalue weighted by molar-refractivity contribution is 0.388. The summed E-state index contributed by atoms with van der Waals surface area (Å²) in [4.78, 5) is 4.89. The number of aliphatic imine (C=N–C) groups is 1. The second-order valence-corrected chi connectivity index (χ2v) is 7.48. The molecule has 0 aromatic rings. The molecule has 1 saturated heterocycles. The summed E-state index contributed by atoms with van der Waals surface area (Å²) in [7, 11) is 0. The Hall–Kier alpha value is -0.180. The van der Waals surface area contributed by atoms with Crippen LogP contribution in [0.1, 0.15) is 52.4 Å². The number of amidine groups is 1. The molecule has 2 aliphatic carbocycles. The van der Waals surface area contributed by atoms with E-state index in [1.807, 2.05) is 11.8 Å². The number of nitrogens with one attached hydrogen (secondary N) is 1. The van der Waals surface area contributed by atoms with Crippen LogP contribution in [0.15, 0.2) is 4.99 Å². The van der Waals surface area contributed by atoms with Gasteiger partial charge in [0.15, 0.2) is 5.17 Å². The van der Waals surface area contributed by atoms with Crippen LogP contribution in [0.25, 0.3) is 0 Å². The Morgan fingerprint density at radius 1 is 1.35 bits per heavy atom. The number of rotatable bonds is 4. The van der Waals surface area contributed by atoms with Gasteiger partial charge in [-0.1, -0.05) is 18.7 Å². The molecule has 17 heavy (non-hydrogen) atoms. The third-order valence-electron chi connectivity index (χ3n) is 4.95. The van der Waals surface area contributed by atoms with Gasteiger partial charge in [0.25, 0.3) is 0 Å². The molecule has 0 radical (unpaired) electrons. The van der Waals surface area contributed by atoms with Crippen LogP contribution < -0.4 is 5.32 Å². The molecular formula is C14H24N2S. The highest BCUT2D eigenvalue weighted by atomic mass is 32.2. The van der Waals surface area contributed by atoms with Crippen LogP contribution >= 0.6 is 11.8 Å². The maximum atomic E-state index is 4.89. The second-order valence-electron chi connectivity index (χ2n) is 6.40. The molecule has 1 unspecified atom stereocenters. The van der Waals surface area contributed by atoms with E-state index in [1.54, 1.807) is 0 Å². The molecule has 3 rings (SSSR count). The number of hydrogen-bond acceptors (Lipinski definition) is 2. The number of hydrogen-bond donors (Lipinski definition) is 1. The van der Waals surface area contributed by atoms with Gasteiger partial charge >= 0.3 is 0 Å². The zero-order chi connectivity index (χ0) is 11.9. The zero-order valence-electron chi connectivity index (χ0n) is 11.1. The molecule has 96 valence electrons. The lowest BCUT2D eigenvalue weighted by Crippen LogP contribution is -2.48. The van der Waals surface area contributed by atoms with Crippen molar-refractivity contribution in [2.75, 3.05) is 12.3 Å². The van der Waals surface area contributed by atoms with Crippen molar-refractivity contribution in [3.63, 3.8) is 0 Å². The highest BCUT2D eigenvalue weighted by molar-refractivity contribution is 8.13. The van der Waals surface area contributed by atoms with Crippen LogP contribution in [0.4, 0.5) is 0 Å². The predicted octanol–water partition coefficient (Wildman–Crippen LogP) is 3.43. The second kappa shape index (κ2) is 4.18. The Balaban J connectivity index is 1.60. The summed E-state index contributed by atoms with van der Waals surface area (Å²) in [5.74, 6) is 2.25. The van der Waals surface area contributed by atoms with Crippen LogP contribution in [0.3, 0.4) is 0 Å². The molecule has 1 N–H and O–H groups in total. The molecule has 2 saturated carbocycles. The minimum Gasteiger partial charge on any atom is -0.360 e. The van der Waals surface area contributed by atoms with Crippen LogP contribution in [-0.4, -0.2) is 23.0 Å². The molecule has 1 atom stereocenters. The summed E-state index contributed by atoms with van der Waals surface area (Å²) in [6.07, 6.45) is 8.27. The van der Waals surface area contributed by atoms with E-state index >= 15 is 0 Å². The van der Waals surface area contributed by atoms with Crippen molar-refractivity contribution in [3.05, 3.63) is 0 Å². The highest BCUT2D eigenvalue weighted by Gasteiger charge is 2.53. The average molecular weight is 252 g/mol. The van der Waals surface area contributed by atoms with E-state index in [2.05, 4.69) is 19.2 Å². The summed E-state index contributed by atoms with van der Waals surface area (Å²) < 4.78 is 0. The van der Waals surface area contributed by atoms with E-state index in [1.165, 1.54) is 49.4 Å². The molecule has 3 fully saturated rings. The fourth-order valence-electron chi connectivity index (χ4n) is 2.86. The first-order valence-corrected chi connectivity index (χ1v) is 8.10. The normalized spacial score (nSPS) is 37.9. The van der Waals surface area contributed by atoms with Gasteiger partial charge in [0.2, 0.25) is 0 Å². The lowest BCUT2D eigenvalue weighted by Gasteiger charge is -2.35. The molecule has 3 aliphatic rings. The van der Waals surface area contributed by atoms with E-state index < -0.39 is 0 Å². The van der Waals surface area contributed by atoms with Gasteiger partial charge in [-0.2, -0.15) is 0 Å². The van der Waals surface area contributed by atoms with Crippen LogP contribution in [0.5, 0.6) is 0 Å². The molecule has 2 nitrogen and oxygen atoms in total. The molecule has 0 aromatic carbocycles. The zero-order valence-corrected chi connectivity index (χ0v) is 11.9. The molecule has 0 spiro atoms. The van der Waals surface area contributed by atoms with Crippen LogP contribution in [0, 0.1) is 11.3 Å². The van der Waals surface area contributed by atoms with Gasteiger partial charge in [-0.3, -0.25) is 4.99 Å². The summed E-state index contributed by atoms with van der Waals surface area (Å²) in [6.45, 7) is 5.69. The van der Waals surface area contributed by atoms with Crippen LogP contribution in [0.2, 0.25) is 0 Å². The van der Waals surface area contributed by atoms with Gasteiger partial charge in [0, 0.05) is 17.8 Å². The summed E-state index contributed by atoms with van der Waals surface area (Å²) in [5, 5.41) is 4.87. The Bertz CT molecular complexity index is 331. The van der Waals surface area contributed by atoms with Crippen molar-refractivity contribution < 1.29 is 0 Å². The third-order valence-corrected chi connectivity index (χ3v) is 5.87. The van der Waals surface area contributed by atoms with E-state index in [0.717, 1.165) is 12.5 Å². The predicted molar refractivity (Wildman–Crippen MR) is 75.6 cm³/mol. The lowest BCUT2D eigenvalue weighted by atomic mass is 9.96. The number of thioether (sulfide) groups is 1. The quantitative estimate of drug-likeness (QED) is 0.829.